The van der Waals surface area contributed by atoms with Gasteiger partial charge in [0.1, 0.15) is 7.28 Å². The van der Waals surface area contributed by atoms with Gasteiger partial charge in [-0.05, 0) is 0 Å². The predicted octanol–water partition coefficient (Wildman–Crippen LogP) is -1.75. The van der Waals surface area contributed by atoms with Crippen LogP contribution in [0.5, 0.6) is 0 Å². The van der Waals surface area contributed by atoms with Crippen LogP contribution < -0.4 is 11.4 Å². The van der Waals surface area contributed by atoms with Crippen LogP contribution in [0, 0.1) is 0 Å². The van der Waals surface area contributed by atoms with Crippen molar-refractivity contribution in [3.63, 3.8) is 0 Å². The maximum Gasteiger partial charge on any atom is 0.108 e. The summed E-state index contributed by atoms with van der Waals surface area (Å²) >= 11 is 0. The Hall–Kier alpha value is -1.52. The van der Waals surface area contributed by atoms with E-state index in [-0.39, 0.29) is 7.28 Å². The molecule has 0 saturated heterocycles. The van der Waals surface area contributed by atoms with Crippen molar-refractivity contribution in [2.24, 2.45) is 0 Å². The van der Waals surface area contributed by atoms with Gasteiger partial charge < -0.3 is 9.97 Å². The van der Waals surface area contributed by atoms with E-state index in [1.165, 1.54) is 0 Å². The van der Waals surface area contributed by atoms with Crippen molar-refractivity contribution >= 4 is 18.7 Å². The summed E-state index contributed by atoms with van der Waals surface area (Å²) in [5.74, 6) is 0. The lowest BCUT2D eigenvalue weighted by Crippen LogP contribution is -2.32. The lowest BCUT2D eigenvalue weighted by molar-refractivity contribution is 1.37. The number of imidazole rings is 2. The van der Waals surface area contributed by atoms with Crippen molar-refractivity contribution in [2.75, 3.05) is 0 Å². The average Bonchev–Trinajstić information content (AvgIpc) is 2.60. The van der Waals surface area contributed by atoms with Gasteiger partial charge in [0.05, 0.1) is 0 Å². The topological polar surface area (TPSA) is 57.4 Å². The molecule has 0 amide bonds. The van der Waals surface area contributed by atoms with Crippen LogP contribution in [0.4, 0.5) is 0 Å². The summed E-state index contributed by atoms with van der Waals surface area (Å²) in [5.41, 5.74) is 2.11. The van der Waals surface area contributed by atoms with Gasteiger partial charge in [-0.2, -0.15) is 0 Å². The van der Waals surface area contributed by atoms with E-state index in [0.29, 0.717) is 0 Å². The predicted molar refractivity (Wildman–Crippen MR) is 45.0 cm³/mol. The molecule has 2 N–H and O–H groups in total. The third-order valence-electron chi connectivity index (χ3n) is 1.74. The molecule has 2 rings (SSSR count). The highest BCUT2D eigenvalue weighted by Gasteiger charge is 1.90. The minimum Gasteiger partial charge on any atom is -0.385 e. The first-order valence-electron chi connectivity index (χ1n) is 3.71. The molecule has 0 aromatic carbocycles. The first kappa shape index (κ1) is 6.21. The smallest absolute Gasteiger partial charge is 0.108 e. The van der Waals surface area contributed by atoms with E-state index in [1.54, 1.807) is 12.4 Å². The minimum absolute atomic E-state index is 0.361. The number of nitrogens with zero attached hydrogens (tertiary/aromatic N) is 2. The van der Waals surface area contributed by atoms with Gasteiger partial charge in [0.15, 0.2) is 0 Å². The fraction of sp³-hybridized carbons (Fsp3) is 0. The number of hydrogen-bond donors (Lipinski definition) is 2. The summed E-state index contributed by atoms with van der Waals surface area (Å²) in [4.78, 5) is 14.4. The van der Waals surface area contributed by atoms with Crippen LogP contribution in [0.2, 0.25) is 0 Å². The number of aromatic nitrogens is 4. The molecule has 0 spiro atoms. The average molecular weight is 147 g/mol. The standard InChI is InChI=1S/C6H8BN4/c1-2-9-5(8-1)7-6-10-3-4-11-6/h1-4H,7H2,(H,8,9)(H,10,11)/q-1. The maximum atomic E-state index is 4.13. The first-order valence-corrected chi connectivity index (χ1v) is 3.71. The monoisotopic (exact) mass is 147 g/mol. The molecule has 0 unspecified atom stereocenters. The van der Waals surface area contributed by atoms with E-state index in [9.17, 15) is 0 Å². The molecule has 0 fully saturated rings. The van der Waals surface area contributed by atoms with Gasteiger partial charge in [-0.25, -0.2) is 0 Å². The van der Waals surface area contributed by atoms with Crippen LogP contribution in [0.1, 0.15) is 0 Å². The highest BCUT2D eigenvalue weighted by Crippen LogP contribution is 1.69. The van der Waals surface area contributed by atoms with Gasteiger partial charge in [-0.1, -0.05) is 11.4 Å². The Balaban J connectivity index is 2.14. The van der Waals surface area contributed by atoms with Gasteiger partial charge >= 0.3 is 0 Å². The molecule has 0 saturated carbocycles. The van der Waals surface area contributed by atoms with Crippen LogP contribution in [-0.4, -0.2) is 27.2 Å². The fourth-order valence-corrected chi connectivity index (χ4v) is 1.19. The van der Waals surface area contributed by atoms with Crippen LogP contribution in [0.15, 0.2) is 24.8 Å². The molecule has 0 radical (unpaired) electrons. The summed E-state index contributed by atoms with van der Waals surface area (Å²) in [5, 5.41) is 0. The number of nitrogens with one attached hydrogen (secondary N) is 2. The van der Waals surface area contributed by atoms with E-state index >= 15 is 0 Å². The lowest BCUT2D eigenvalue weighted by Gasteiger charge is -1.97. The highest BCUT2D eigenvalue weighted by atomic mass is 14.9. The second kappa shape index (κ2) is 2.61. The van der Waals surface area contributed by atoms with Gasteiger partial charge in [-0.3, -0.25) is 9.97 Å². The molecule has 0 atom stereocenters. The zero-order valence-electron chi connectivity index (χ0n) is 6.20. The third kappa shape index (κ3) is 1.31. The third-order valence-corrected chi connectivity index (χ3v) is 1.74. The Kier molecular flexibility index (Phi) is 1.48. The second-order valence-electron chi connectivity index (χ2n) is 2.60. The molecule has 0 aliphatic rings. The van der Waals surface area contributed by atoms with Gasteiger partial charge in [-0.15, -0.1) is 0 Å². The van der Waals surface area contributed by atoms with Gasteiger partial charge in [0.25, 0.3) is 0 Å². The summed E-state index contributed by atoms with van der Waals surface area (Å²) < 4.78 is 0. The molecular formula is C6H8BN4-. The number of hydrogen-bond acceptors (Lipinski definition) is 2. The SMILES string of the molecule is [BH2-](c1ncc[nH]1)c1ncc[nH]1. The molecule has 4 nitrogen and oxygen atoms in total. The van der Waals surface area contributed by atoms with Crippen molar-refractivity contribution in [3.8, 4) is 0 Å². The number of aromatic amines is 2. The Bertz CT molecular complexity index is 267. The Morgan fingerprint density at radius 3 is 1.91 bits per heavy atom. The Morgan fingerprint density at radius 2 is 1.55 bits per heavy atom. The fourth-order valence-electron chi connectivity index (χ4n) is 1.19. The molecule has 2 aromatic heterocycles. The number of H-pyrrole nitrogens is 2. The minimum atomic E-state index is -0.361. The van der Waals surface area contributed by atoms with Crippen molar-refractivity contribution in [1.29, 1.82) is 0 Å². The number of rotatable bonds is 2. The molecule has 2 aromatic rings. The van der Waals surface area contributed by atoms with Crippen molar-refractivity contribution in [3.05, 3.63) is 24.8 Å². The van der Waals surface area contributed by atoms with Crippen LogP contribution in [-0.2, 0) is 0 Å². The van der Waals surface area contributed by atoms with Crippen LogP contribution in [0.25, 0.3) is 0 Å². The maximum absolute atomic E-state index is 4.13. The van der Waals surface area contributed by atoms with Crippen molar-refractivity contribution in [1.82, 2.24) is 19.9 Å². The molecule has 0 bridgehead atoms. The van der Waals surface area contributed by atoms with Crippen molar-refractivity contribution < 1.29 is 0 Å². The summed E-state index contributed by atoms with van der Waals surface area (Å²) in [6.45, 7) is 0. The highest BCUT2D eigenvalue weighted by molar-refractivity contribution is 6.64. The molecule has 11 heavy (non-hydrogen) atoms. The van der Waals surface area contributed by atoms with Gasteiger partial charge in [0.2, 0.25) is 0 Å². The van der Waals surface area contributed by atoms with Crippen molar-refractivity contribution in [2.45, 2.75) is 0 Å². The summed E-state index contributed by atoms with van der Waals surface area (Å²) in [6.07, 6.45) is 7.20. The summed E-state index contributed by atoms with van der Waals surface area (Å²) in [6, 6.07) is 0. The lowest BCUT2D eigenvalue weighted by atomic mass is 9.77. The normalized spacial score (nSPS) is 10.2. The Labute approximate surface area is 64.3 Å². The molecule has 2 heterocycles. The molecule has 0 aliphatic heterocycles. The first-order chi connectivity index (χ1) is 5.45. The molecule has 0 aliphatic carbocycles. The van der Waals surface area contributed by atoms with Gasteiger partial charge in [0, 0.05) is 24.8 Å². The van der Waals surface area contributed by atoms with Crippen LogP contribution >= 0.6 is 0 Å². The van der Waals surface area contributed by atoms with Crippen LogP contribution in [0.3, 0.4) is 0 Å². The zero-order chi connectivity index (χ0) is 7.52. The summed E-state index contributed by atoms with van der Waals surface area (Å²) in [7, 11) is -0.361. The van der Waals surface area contributed by atoms with E-state index < -0.39 is 0 Å². The zero-order valence-corrected chi connectivity index (χ0v) is 6.20. The Morgan fingerprint density at radius 1 is 1.00 bits per heavy atom. The molecule has 56 valence electrons. The van der Waals surface area contributed by atoms with E-state index in [0.717, 1.165) is 11.4 Å². The second-order valence-corrected chi connectivity index (χ2v) is 2.60. The van der Waals surface area contributed by atoms with E-state index in [1.807, 2.05) is 12.4 Å². The molecular weight excluding hydrogens is 139 g/mol. The largest absolute Gasteiger partial charge is 0.385 e. The van der Waals surface area contributed by atoms with E-state index in [4.69, 9.17) is 0 Å². The molecule has 5 heteroatoms. The quantitative estimate of drug-likeness (QED) is 0.495. The van der Waals surface area contributed by atoms with E-state index in [2.05, 4.69) is 19.9 Å².